The van der Waals surface area contributed by atoms with E-state index in [0.717, 1.165) is 5.56 Å². The highest BCUT2D eigenvalue weighted by molar-refractivity contribution is 6.31. The van der Waals surface area contributed by atoms with Crippen LogP contribution in [0.15, 0.2) is 42.5 Å². The van der Waals surface area contributed by atoms with Gasteiger partial charge in [0.25, 0.3) is 0 Å². The Morgan fingerprint density at radius 2 is 1.85 bits per heavy atom. The molecule has 0 radical (unpaired) electrons. The summed E-state index contributed by atoms with van der Waals surface area (Å²) in [5.74, 6) is 0.137. The third-order valence-corrected chi connectivity index (χ3v) is 4.42. The fourth-order valence-corrected chi connectivity index (χ4v) is 3.01. The predicted molar refractivity (Wildman–Crippen MR) is 78.5 cm³/mol. The van der Waals surface area contributed by atoms with Gasteiger partial charge in [-0.15, -0.1) is 0 Å². The highest BCUT2D eigenvalue weighted by Crippen LogP contribution is 2.41. The predicted octanol–water partition coefficient (Wildman–Crippen LogP) is 4.83. The number of rotatable bonds is 3. The van der Waals surface area contributed by atoms with Crippen LogP contribution in [0.3, 0.4) is 0 Å². The maximum Gasteiger partial charge on any atom is 0.124 e. The van der Waals surface area contributed by atoms with E-state index in [4.69, 9.17) is 11.6 Å². The molecule has 2 aromatic carbocycles. The highest BCUT2D eigenvalue weighted by Gasteiger charge is 2.25. The van der Waals surface area contributed by atoms with Gasteiger partial charge in [-0.1, -0.05) is 48.4 Å². The molecular weight excluding hydrogens is 275 g/mol. The smallest absolute Gasteiger partial charge is 0.124 e. The summed E-state index contributed by atoms with van der Waals surface area (Å²) in [7, 11) is 0. The number of halogens is 2. The molecule has 0 heterocycles. The van der Waals surface area contributed by atoms with Crippen LogP contribution in [0.5, 0.6) is 0 Å². The van der Waals surface area contributed by atoms with Crippen molar-refractivity contribution in [3.8, 4) is 0 Å². The van der Waals surface area contributed by atoms with Gasteiger partial charge in [0.2, 0.25) is 0 Å². The van der Waals surface area contributed by atoms with Gasteiger partial charge in [-0.05, 0) is 42.0 Å². The molecule has 20 heavy (non-hydrogen) atoms. The summed E-state index contributed by atoms with van der Waals surface area (Å²) in [4.78, 5) is 0. The fourth-order valence-electron chi connectivity index (χ4n) is 2.74. The van der Waals surface area contributed by atoms with Gasteiger partial charge < -0.3 is 5.11 Å². The van der Waals surface area contributed by atoms with E-state index in [1.807, 2.05) is 18.2 Å². The van der Waals surface area contributed by atoms with Crippen LogP contribution in [0.1, 0.15) is 48.0 Å². The Kier molecular flexibility index (Phi) is 3.77. The number of hydrogen-bond donors (Lipinski definition) is 1. The molecule has 1 aliphatic carbocycles. The van der Waals surface area contributed by atoms with Crippen LogP contribution in [-0.4, -0.2) is 5.11 Å². The minimum absolute atomic E-state index is 0.265. The Labute approximate surface area is 123 Å². The van der Waals surface area contributed by atoms with E-state index in [1.165, 1.54) is 37.0 Å². The monoisotopic (exact) mass is 290 g/mol. The second-order valence-corrected chi connectivity index (χ2v) is 5.73. The molecule has 2 aromatic rings. The maximum absolute atomic E-state index is 13.1. The lowest BCUT2D eigenvalue weighted by molar-refractivity contribution is 0.217. The van der Waals surface area contributed by atoms with Crippen LogP contribution >= 0.6 is 11.6 Å². The van der Waals surface area contributed by atoms with Crippen molar-refractivity contribution in [2.75, 3.05) is 0 Å². The van der Waals surface area contributed by atoms with Gasteiger partial charge in [0.05, 0.1) is 0 Å². The summed E-state index contributed by atoms with van der Waals surface area (Å²) in [6, 6.07) is 12.0. The average molecular weight is 291 g/mol. The van der Waals surface area contributed by atoms with Gasteiger partial charge in [0.15, 0.2) is 0 Å². The Bertz CT molecular complexity index is 622. The van der Waals surface area contributed by atoms with E-state index in [-0.39, 0.29) is 5.02 Å². The molecule has 1 aliphatic rings. The number of aliphatic hydroxyl groups excluding tert-OH is 1. The Balaban J connectivity index is 1.99. The van der Waals surface area contributed by atoms with Gasteiger partial charge in [-0.3, -0.25) is 0 Å². The average Bonchev–Trinajstić information content (AvgIpc) is 2.37. The van der Waals surface area contributed by atoms with Crippen molar-refractivity contribution in [1.82, 2.24) is 0 Å². The molecule has 3 rings (SSSR count). The van der Waals surface area contributed by atoms with Gasteiger partial charge in [0.1, 0.15) is 11.9 Å². The maximum atomic E-state index is 13.1. The zero-order chi connectivity index (χ0) is 14.1. The third-order valence-electron chi connectivity index (χ3n) is 4.09. The first-order valence-electron chi connectivity index (χ1n) is 6.88. The van der Waals surface area contributed by atoms with E-state index < -0.39 is 11.9 Å². The van der Waals surface area contributed by atoms with Crippen LogP contribution in [0, 0.1) is 5.82 Å². The zero-order valence-electron chi connectivity index (χ0n) is 11.0. The summed E-state index contributed by atoms with van der Waals surface area (Å²) >= 11 is 6.05. The van der Waals surface area contributed by atoms with Crippen LogP contribution < -0.4 is 0 Å². The lowest BCUT2D eigenvalue weighted by Crippen LogP contribution is -2.13. The van der Waals surface area contributed by atoms with Crippen molar-refractivity contribution in [2.45, 2.75) is 31.3 Å². The first kappa shape index (κ1) is 13.6. The summed E-state index contributed by atoms with van der Waals surface area (Å²) < 4.78 is 13.1. The van der Waals surface area contributed by atoms with Crippen LogP contribution in [0.2, 0.25) is 5.02 Å². The molecule has 0 aromatic heterocycles. The molecule has 1 nitrogen and oxygen atoms in total. The van der Waals surface area contributed by atoms with Crippen molar-refractivity contribution in [2.24, 2.45) is 0 Å². The van der Waals surface area contributed by atoms with Crippen LogP contribution in [0.25, 0.3) is 0 Å². The van der Waals surface area contributed by atoms with E-state index in [9.17, 15) is 9.50 Å². The molecule has 3 heteroatoms. The molecule has 1 atom stereocenters. The number of hydrogen-bond acceptors (Lipinski definition) is 1. The summed E-state index contributed by atoms with van der Waals surface area (Å²) in [5, 5.41) is 10.9. The summed E-state index contributed by atoms with van der Waals surface area (Å²) in [6.45, 7) is 0. The molecule has 1 fully saturated rings. The van der Waals surface area contributed by atoms with Gasteiger partial charge in [-0.2, -0.15) is 0 Å². The van der Waals surface area contributed by atoms with Crippen molar-refractivity contribution >= 4 is 11.6 Å². The van der Waals surface area contributed by atoms with Crippen molar-refractivity contribution in [3.05, 3.63) is 70.0 Å². The number of benzene rings is 2. The minimum atomic E-state index is -0.806. The Hall–Kier alpha value is -1.38. The normalized spacial score (nSPS) is 16.8. The molecule has 0 bridgehead atoms. The third kappa shape index (κ3) is 2.46. The second kappa shape index (κ2) is 5.55. The zero-order valence-corrected chi connectivity index (χ0v) is 11.8. The molecule has 0 saturated heterocycles. The van der Waals surface area contributed by atoms with E-state index in [2.05, 4.69) is 6.07 Å². The number of aliphatic hydroxyl groups is 1. The van der Waals surface area contributed by atoms with Crippen molar-refractivity contribution < 1.29 is 9.50 Å². The summed E-state index contributed by atoms with van der Waals surface area (Å²) in [5.41, 5.74) is 2.62. The molecule has 0 amide bonds. The first-order chi connectivity index (χ1) is 9.66. The lowest BCUT2D eigenvalue weighted by atomic mass is 9.77. The minimum Gasteiger partial charge on any atom is -0.384 e. The van der Waals surface area contributed by atoms with Gasteiger partial charge in [-0.25, -0.2) is 4.39 Å². The van der Waals surface area contributed by atoms with Crippen molar-refractivity contribution in [1.29, 1.82) is 0 Å². The molecule has 1 unspecified atom stereocenters. The van der Waals surface area contributed by atoms with E-state index >= 15 is 0 Å². The van der Waals surface area contributed by atoms with Crippen LogP contribution in [0.4, 0.5) is 4.39 Å². The lowest BCUT2D eigenvalue weighted by Gasteiger charge is -2.29. The summed E-state index contributed by atoms with van der Waals surface area (Å²) in [6.07, 6.45) is 2.77. The Morgan fingerprint density at radius 1 is 1.10 bits per heavy atom. The topological polar surface area (TPSA) is 20.2 Å². The SMILES string of the molecule is OC(c1ccc(F)cc1Cl)c1ccccc1C1CCC1. The largest absolute Gasteiger partial charge is 0.384 e. The first-order valence-corrected chi connectivity index (χ1v) is 7.26. The molecule has 0 spiro atoms. The second-order valence-electron chi connectivity index (χ2n) is 5.33. The highest BCUT2D eigenvalue weighted by atomic mass is 35.5. The molecule has 1 N–H and O–H groups in total. The van der Waals surface area contributed by atoms with Gasteiger partial charge in [0, 0.05) is 10.6 Å². The van der Waals surface area contributed by atoms with Crippen molar-refractivity contribution in [3.63, 3.8) is 0 Å². The van der Waals surface area contributed by atoms with E-state index in [0.29, 0.717) is 11.5 Å². The molecule has 0 aliphatic heterocycles. The van der Waals surface area contributed by atoms with Crippen LogP contribution in [-0.2, 0) is 0 Å². The van der Waals surface area contributed by atoms with E-state index in [1.54, 1.807) is 6.07 Å². The van der Waals surface area contributed by atoms with Gasteiger partial charge >= 0.3 is 0 Å². The standard InChI is InChI=1S/C17H16ClFO/c18-16-10-12(19)8-9-15(16)17(20)14-7-2-1-6-13(14)11-4-3-5-11/h1-2,6-11,17,20H,3-5H2. The molecule has 1 saturated carbocycles. The fraction of sp³-hybridized carbons (Fsp3) is 0.294. The Morgan fingerprint density at radius 3 is 2.50 bits per heavy atom. The molecule has 104 valence electrons. The quantitative estimate of drug-likeness (QED) is 0.858. The molecular formula is C17H16ClFO.